The van der Waals surface area contributed by atoms with Crippen molar-refractivity contribution in [2.75, 3.05) is 42.3 Å². The number of carbonyl (C=O) groups excluding carboxylic acids is 3. The van der Waals surface area contributed by atoms with Gasteiger partial charge in [0.2, 0.25) is 5.91 Å². The standard InChI is InChI=1S/C37H41N5O5S/c1-37(2,48)22-39-35(44)31-17-25(21-41(31)3)23-11-13-26(14-12-23)40-34(43)10-7-15-47-33-19-29-28(18-32(33)46-4)36(45)42-27(20-38-29)16-24-8-5-6-9-30(24)42/h5-6,8-9,11-14,17-19,21,27,38,48H,7,10,15-16,20,22H2,1-4H3,(H,39,44)(H,40,43). The molecular weight excluding hydrogens is 627 g/mol. The molecule has 0 radical (unpaired) electrons. The molecule has 11 heteroatoms. The average molecular weight is 668 g/mol. The lowest BCUT2D eigenvalue weighted by Gasteiger charge is -2.22. The summed E-state index contributed by atoms with van der Waals surface area (Å²) in [4.78, 5) is 40.9. The minimum atomic E-state index is -0.307. The number of para-hydroxylation sites is 1. The third-order valence-corrected chi connectivity index (χ3v) is 8.74. The molecule has 0 spiro atoms. The molecule has 3 heterocycles. The highest BCUT2D eigenvalue weighted by molar-refractivity contribution is 7.81. The largest absolute Gasteiger partial charge is 0.493 e. The Kier molecular flexibility index (Phi) is 9.41. The van der Waals surface area contributed by atoms with Crippen molar-refractivity contribution in [1.29, 1.82) is 0 Å². The number of rotatable bonds is 11. The molecule has 0 saturated carbocycles. The minimum Gasteiger partial charge on any atom is -0.493 e. The Bertz CT molecular complexity index is 1850. The summed E-state index contributed by atoms with van der Waals surface area (Å²) < 4.78 is 13.1. The van der Waals surface area contributed by atoms with Crippen LogP contribution in [-0.4, -0.2) is 59.9 Å². The van der Waals surface area contributed by atoms with Gasteiger partial charge in [-0.05, 0) is 68.1 Å². The molecule has 6 rings (SSSR count). The summed E-state index contributed by atoms with van der Waals surface area (Å²) in [5, 5.41) is 9.30. The highest BCUT2D eigenvalue weighted by Gasteiger charge is 2.37. The van der Waals surface area contributed by atoms with Crippen LogP contribution in [0.2, 0.25) is 0 Å². The molecule has 1 atom stereocenters. The molecule has 0 fully saturated rings. The molecular formula is C37H41N5O5S. The van der Waals surface area contributed by atoms with Gasteiger partial charge >= 0.3 is 0 Å². The predicted molar refractivity (Wildman–Crippen MR) is 192 cm³/mol. The summed E-state index contributed by atoms with van der Waals surface area (Å²) in [6.07, 6.45) is 3.47. The number of fused-ring (bicyclic) bond motifs is 4. The fourth-order valence-electron chi connectivity index (χ4n) is 6.13. The van der Waals surface area contributed by atoms with Gasteiger partial charge in [-0.25, -0.2) is 0 Å². The second kappa shape index (κ2) is 13.7. The van der Waals surface area contributed by atoms with Gasteiger partial charge in [0.15, 0.2) is 11.5 Å². The highest BCUT2D eigenvalue weighted by Crippen LogP contribution is 2.40. The number of carbonyl (C=O) groups is 3. The summed E-state index contributed by atoms with van der Waals surface area (Å²) in [7, 11) is 3.39. The van der Waals surface area contributed by atoms with Crippen LogP contribution in [0.5, 0.6) is 11.5 Å². The summed E-state index contributed by atoms with van der Waals surface area (Å²) >= 11 is 4.47. The van der Waals surface area contributed by atoms with Crippen molar-refractivity contribution in [3.63, 3.8) is 0 Å². The molecule has 1 unspecified atom stereocenters. The number of ether oxygens (including phenoxy) is 2. The van der Waals surface area contributed by atoms with Gasteiger partial charge in [0.25, 0.3) is 11.8 Å². The summed E-state index contributed by atoms with van der Waals surface area (Å²) in [5.41, 5.74) is 6.45. The van der Waals surface area contributed by atoms with Crippen molar-refractivity contribution in [3.8, 4) is 22.6 Å². The molecule has 3 N–H and O–H groups in total. The topological polar surface area (TPSA) is 114 Å². The maximum absolute atomic E-state index is 13.7. The monoisotopic (exact) mass is 667 g/mol. The highest BCUT2D eigenvalue weighted by atomic mass is 32.1. The third kappa shape index (κ3) is 7.16. The maximum Gasteiger partial charge on any atom is 0.267 e. The first-order valence-electron chi connectivity index (χ1n) is 16.1. The van der Waals surface area contributed by atoms with E-state index in [4.69, 9.17) is 9.47 Å². The molecule has 3 aromatic carbocycles. The molecule has 1 aromatic heterocycles. The first kappa shape index (κ1) is 33.0. The number of hydrogen-bond acceptors (Lipinski definition) is 7. The van der Waals surface area contributed by atoms with Crippen LogP contribution in [0.4, 0.5) is 17.1 Å². The average Bonchev–Trinajstić information content (AvgIpc) is 3.61. The minimum absolute atomic E-state index is 0.0350. The number of amides is 3. The fraction of sp³-hybridized carbons (Fsp3) is 0.324. The van der Waals surface area contributed by atoms with E-state index in [9.17, 15) is 14.4 Å². The Labute approximate surface area is 286 Å². The SMILES string of the molecule is COc1cc2c(cc1OCCCC(=O)Nc1ccc(-c3cc(C(=O)NCC(C)(C)S)n(C)c3)cc1)NCC1Cc3ccccc3N1C2=O. The third-order valence-electron chi connectivity index (χ3n) is 8.58. The molecule has 2 aliphatic rings. The van der Waals surface area contributed by atoms with Crippen LogP contribution in [0, 0.1) is 0 Å². The van der Waals surface area contributed by atoms with Gasteiger partial charge in [-0.3, -0.25) is 14.4 Å². The lowest BCUT2D eigenvalue weighted by Crippen LogP contribution is -2.39. The van der Waals surface area contributed by atoms with Gasteiger partial charge < -0.3 is 34.9 Å². The van der Waals surface area contributed by atoms with Crippen LogP contribution in [-0.2, 0) is 18.3 Å². The van der Waals surface area contributed by atoms with Gasteiger partial charge in [0.05, 0.1) is 31.0 Å². The number of nitrogens with one attached hydrogen (secondary N) is 3. The van der Waals surface area contributed by atoms with Crippen LogP contribution in [0.1, 0.15) is 53.1 Å². The van der Waals surface area contributed by atoms with E-state index in [1.807, 2.05) is 86.6 Å². The summed E-state index contributed by atoms with van der Waals surface area (Å²) in [6.45, 7) is 5.26. The number of thiol groups is 1. The number of benzene rings is 3. The van der Waals surface area contributed by atoms with Gasteiger partial charge in [0, 0.05) is 60.5 Å². The predicted octanol–water partition coefficient (Wildman–Crippen LogP) is 5.93. The Balaban J connectivity index is 1.01. The molecule has 3 amide bonds. The van der Waals surface area contributed by atoms with Crippen LogP contribution >= 0.6 is 12.6 Å². The first-order valence-corrected chi connectivity index (χ1v) is 16.5. The number of anilines is 3. The van der Waals surface area contributed by atoms with E-state index in [1.165, 1.54) is 5.56 Å². The van der Waals surface area contributed by atoms with Crippen molar-refractivity contribution in [2.24, 2.45) is 7.05 Å². The zero-order valence-electron chi connectivity index (χ0n) is 27.6. The van der Waals surface area contributed by atoms with E-state index in [0.717, 1.165) is 23.2 Å². The van der Waals surface area contributed by atoms with Crippen LogP contribution < -0.4 is 30.3 Å². The molecule has 48 heavy (non-hydrogen) atoms. The quantitative estimate of drug-likeness (QED) is 0.117. The molecule has 0 aliphatic carbocycles. The Morgan fingerprint density at radius 2 is 1.81 bits per heavy atom. The van der Waals surface area contributed by atoms with E-state index >= 15 is 0 Å². The zero-order chi connectivity index (χ0) is 34.0. The van der Waals surface area contributed by atoms with E-state index in [2.05, 4.69) is 34.6 Å². The second-order valence-electron chi connectivity index (χ2n) is 12.9. The maximum atomic E-state index is 13.7. The van der Waals surface area contributed by atoms with Crippen molar-refractivity contribution < 1.29 is 23.9 Å². The number of nitrogens with zero attached hydrogens (tertiary/aromatic N) is 2. The van der Waals surface area contributed by atoms with Gasteiger partial charge in [-0.15, -0.1) is 0 Å². The molecule has 0 bridgehead atoms. The second-order valence-corrected chi connectivity index (χ2v) is 14.1. The zero-order valence-corrected chi connectivity index (χ0v) is 28.5. The van der Waals surface area contributed by atoms with Crippen LogP contribution in [0.3, 0.4) is 0 Å². The summed E-state index contributed by atoms with van der Waals surface area (Å²) in [5.74, 6) is 0.635. The van der Waals surface area contributed by atoms with Gasteiger partial charge in [-0.1, -0.05) is 30.3 Å². The molecule has 250 valence electrons. The molecule has 2 aliphatic heterocycles. The van der Waals surface area contributed by atoms with Gasteiger partial charge in [-0.2, -0.15) is 12.6 Å². The fourth-order valence-corrected chi connectivity index (χ4v) is 6.21. The Morgan fingerprint density at radius 3 is 2.56 bits per heavy atom. The van der Waals surface area contributed by atoms with Crippen molar-refractivity contribution in [1.82, 2.24) is 9.88 Å². The first-order chi connectivity index (χ1) is 23.0. The number of methoxy groups -OCH3 is 1. The van der Waals surface area contributed by atoms with E-state index in [-0.39, 0.29) is 34.9 Å². The normalized spacial score (nSPS) is 15.1. The van der Waals surface area contributed by atoms with Crippen molar-refractivity contribution in [2.45, 2.75) is 43.9 Å². The van der Waals surface area contributed by atoms with E-state index in [0.29, 0.717) is 60.2 Å². The van der Waals surface area contributed by atoms with Crippen molar-refractivity contribution in [3.05, 3.63) is 89.7 Å². The molecule has 10 nitrogen and oxygen atoms in total. The molecule has 4 aromatic rings. The van der Waals surface area contributed by atoms with Crippen LogP contribution in [0.25, 0.3) is 11.1 Å². The Hall–Kier alpha value is -4.90. The summed E-state index contributed by atoms with van der Waals surface area (Å²) in [6, 6.07) is 21.0. The molecule has 0 saturated heterocycles. The lowest BCUT2D eigenvalue weighted by molar-refractivity contribution is -0.116. The van der Waals surface area contributed by atoms with E-state index in [1.54, 1.807) is 17.7 Å². The van der Waals surface area contributed by atoms with Gasteiger partial charge in [0.1, 0.15) is 5.69 Å². The number of aryl methyl sites for hydroxylation is 1. The van der Waals surface area contributed by atoms with Crippen LogP contribution in [0.15, 0.2) is 72.9 Å². The number of aromatic nitrogens is 1. The smallest absolute Gasteiger partial charge is 0.267 e. The van der Waals surface area contributed by atoms with E-state index < -0.39 is 0 Å². The van der Waals surface area contributed by atoms with Crippen molar-refractivity contribution >= 4 is 47.4 Å². The number of hydrogen-bond donors (Lipinski definition) is 4. The Morgan fingerprint density at radius 1 is 1.04 bits per heavy atom. The lowest BCUT2D eigenvalue weighted by atomic mass is 10.1.